The molecule has 0 radical (unpaired) electrons. The topological polar surface area (TPSA) is 54.5 Å². The van der Waals surface area contributed by atoms with Gasteiger partial charge in [0.15, 0.2) is 0 Å². The molecule has 0 bridgehead atoms. The Balaban J connectivity index is 2.48. The van der Waals surface area contributed by atoms with Gasteiger partial charge in [0.25, 0.3) is 0 Å². The van der Waals surface area contributed by atoms with Crippen LogP contribution in [0.25, 0.3) is 11.4 Å². The van der Waals surface area contributed by atoms with Gasteiger partial charge >= 0.3 is 0 Å². The Labute approximate surface area is 61.3 Å². The summed E-state index contributed by atoms with van der Waals surface area (Å²) in [6, 6.07) is 0. The molecule has 0 saturated carbocycles. The average molecular weight is 152 g/mol. The van der Waals surface area contributed by atoms with E-state index in [-0.39, 0.29) is 0 Å². The third kappa shape index (κ3) is 0.801. The van der Waals surface area contributed by atoms with E-state index in [0.717, 1.165) is 11.4 Å². The molecule has 50 valence electrons. The van der Waals surface area contributed by atoms with E-state index in [1.165, 1.54) is 11.7 Å². The Bertz CT molecular complexity index is 253. The average Bonchev–Trinajstić information content (AvgIpc) is 2.59. The maximum atomic E-state index is 4.02. The Morgan fingerprint density at radius 3 is 3.00 bits per heavy atom. The zero-order chi connectivity index (χ0) is 6.81. The first-order chi connectivity index (χ1) is 4.97. The molecular weight excluding hydrogens is 148 g/mol. The van der Waals surface area contributed by atoms with Gasteiger partial charge in [-0.15, -0.1) is 0 Å². The quantitative estimate of drug-likeness (QED) is 0.661. The molecule has 0 unspecified atom stereocenters. The number of hydrogen-bond donors (Lipinski definition) is 1. The number of aromatic amines is 1. The van der Waals surface area contributed by atoms with Crippen molar-refractivity contribution in [2.45, 2.75) is 0 Å². The van der Waals surface area contributed by atoms with Crippen LogP contribution in [0.3, 0.4) is 0 Å². The lowest BCUT2D eigenvalue weighted by Gasteiger charge is -1.82. The largest absolute Gasteiger partial charge is 0.343 e. The zero-order valence-electron chi connectivity index (χ0n) is 4.98. The van der Waals surface area contributed by atoms with Crippen molar-refractivity contribution in [1.29, 1.82) is 0 Å². The summed E-state index contributed by atoms with van der Waals surface area (Å²) in [5.74, 6) is 0. The summed E-state index contributed by atoms with van der Waals surface area (Å²) in [7, 11) is 0. The Morgan fingerprint density at radius 2 is 2.40 bits per heavy atom. The van der Waals surface area contributed by atoms with Crippen molar-refractivity contribution in [3.8, 4) is 11.4 Å². The van der Waals surface area contributed by atoms with Crippen LogP contribution in [-0.2, 0) is 0 Å². The number of nitrogens with zero attached hydrogens (tertiary/aromatic N) is 3. The number of nitrogens with one attached hydrogen (secondary N) is 1. The molecule has 0 aliphatic rings. The lowest BCUT2D eigenvalue weighted by molar-refractivity contribution is 1.31. The van der Waals surface area contributed by atoms with Crippen LogP contribution >= 0.6 is 11.7 Å². The minimum Gasteiger partial charge on any atom is -0.343 e. The number of hydrogen-bond acceptors (Lipinski definition) is 4. The second kappa shape index (κ2) is 2.18. The Kier molecular flexibility index (Phi) is 1.21. The van der Waals surface area contributed by atoms with E-state index in [1.807, 2.05) is 0 Å². The summed E-state index contributed by atoms with van der Waals surface area (Å²) in [6.07, 6.45) is 5.05. The van der Waals surface area contributed by atoms with Gasteiger partial charge in [-0.2, -0.15) is 8.75 Å². The number of imidazole rings is 1. The molecule has 1 N–H and O–H groups in total. The summed E-state index contributed by atoms with van der Waals surface area (Å²) in [5, 5.41) is 0. The fraction of sp³-hybridized carbons (Fsp3) is 0. The highest BCUT2D eigenvalue weighted by molar-refractivity contribution is 6.99. The van der Waals surface area contributed by atoms with Crippen LogP contribution in [0, 0.1) is 0 Å². The van der Waals surface area contributed by atoms with E-state index < -0.39 is 0 Å². The SMILES string of the molecule is c1ncc(-c2cnsn2)[nH]1. The smallest absolute Gasteiger partial charge is 0.122 e. The van der Waals surface area contributed by atoms with Gasteiger partial charge in [0.05, 0.1) is 36.1 Å². The molecule has 0 spiro atoms. The predicted molar refractivity (Wildman–Crippen MR) is 37.5 cm³/mol. The molecule has 2 heterocycles. The highest BCUT2D eigenvalue weighted by Gasteiger charge is 1.99. The number of H-pyrrole nitrogens is 1. The van der Waals surface area contributed by atoms with E-state index in [9.17, 15) is 0 Å². The summed E-state index contributed by atoms with van der Waals surface area (Å²) < 4.78 is 7.88. The van der Waals surface area contributed by atoms with E-state index in [0.29, 0.717) is 0 Å². The van der Waals surface area contributed by atoms with Gasteiger partial charge < -0.3 is 4.98 Å². The summed E-state index contributed by atoms with van der Waals surface area (Å²) in [4.78, 5) is 6.79. The zero-order valence-corrected chi connectivity index (χ0v) is 5.80. The molecule has 10 heavy (non-hydrogen) atoms. The molecule has 0 aliphatic heterocycles. The van der Waals surface area contributed by atoms with Crippen molar-refractivity contribution >= 4 is 11.7 Å². The first kappa shape index (κ1) is 5.55. The number of aromatic nitrogens is 4. The van der Waals surface area contributed by atoms with Crippen LogP contribution < -0.4 is 0 Å². The Morgan fingerprint density at radius 1 is 1.40 bits per heavy atom. The van der Waals surface area contributed by atoms with E-state index in [2.05, 4.69) is 18.7 Å². The van der Waals surface area contributed by atoms with Gasteiger partial charge in [0.2, 0.25) is 0 Å². The highest BCUT2D eigenvalue weighted by Crippen LogP contribution is 2.11. The molecule has 2 aromatic heterocycles. The Hall–Kier alpha value is -1.23. The molecule has 0 amide bonds. The predicted octanol–water partition coefficient (Wildman–Crippen LogP) is 0.928. The molecule has 2 aromatic rings. The van der Waals surface area contributed by atoms with E-state index >= 15 is 0 Å². The van der Waals surface area contributed by atoms with Gasteiger partial charge in [-0.1, -0.05) is 0 Å². The molecular formula is C5H4N4S. The minimum atomic E-state index is 0.850. The first-order valence-corrected chi connectivity index (χ1v) is 3.46. The molecule has 5 heteroatoms. The van der Waals surface area contributed by atoms with Gasteiger partial charge in [-0.3, -0.25) is 0 Å². The maximum absolute atomic E-state index is 4.02. The number of rotatable bonds is 1. The second-order valence-corrected chi connectivity index (χ2v) is 2.31. The fourth-order valence-corrected chi connectivity index (χ4v) is 1.11. The van der Waals surface area contributed by atoms with Crippen LogP contribution in [0.4, 0.5) is 0 Å². The van der Waals surface area contributed by atoms with E-state index in [1.54, 1.807) is 18.7 Å². The summed E-state index contributed by atoms with van der Waals surface area (Å²) >= 11 is 1.19. The van der Waals surface area contributed by atoms with Crippen molar-refractivity contribution in [1.82, 2.24) is 18.7 Å². The molecule has 0 atom stereocenters. The van der Waals surface area contributed by atoms with Crippen LogP contribution in [0.2, 0.25) is 0 Å². The van der Waals surface area contributed by atoms with Crippen molar-refractivity contribution in [3.63, 3.8) is 0 Å². The lowest BCUT2D eigenvalue weighted by atomic mass is 10.4. The molecule has 4 nitrogen and oxygen atoms in total. The third-order valence-corrected chi connectivity index (χ3v) is 1.61. The van der Waals surface area contributed by atoms with Crippen molar-refractivity contribution in [2.75, 3.05) is 0 Å². The lowest BCUT2D eigenvalue weighted by Crippen LogP contribution is -1.72. The van der Waals surface area contributed by atoms with Gasteiger partial charge in [-0.05, 0) is 0 Å². The second-order valence-electron chi connectivity index (χ2n) is 1.76. The van der Waals surface area contributed by atoms with Crippen LogP contribution in [-0.4, -0.2) is 18.7 Å². The third-order valence-electron chi connectivity index (χ3n) is 1.14. The molecule has 0 fully saturated rings. The van der Waals surface area contributed by atoms with Crippen molar-refractivity contribution in [2.24, 2.45) is 0 Å². The minimum absolute atomic E-state index is 0.850. The van der Waals surface area contributed by atoms with Crippen LogP contribution in [0.5, 0.6) is 0 Å². The fourth-order valence-electron chi connectivity index (χ4n) is 0.679. The standard InChI is InChI=1S/C5H4N4S/c1-4(7-3-6-1)5-2-8-10-9-5/h1-3H,(H,6,7). The van der Waals surface area contributed by atoms with Gasteiger partial charge in [0.1, 0.15) is 5.69 Å². The molecule has 0 aliphatic carbocycles. The van der Waals surface area contributed by atoms with Crippen LogP contribution in [0.1, 0.15) is 0 Å². The first-order valence-electron chi connectivity index (χ1n) is 2.73. The van der Waals surface area contributed by atoms with Gasteiger partial charge in [-0.25, -0.2) is 4.98 Å². The molecule has 0 aromatic carbocycles. The monoisotopic (exact) mass is 152 g/mol. The maximum Gasteiger partial charge on any atom is 0.122 e. The van der Waals surface area contributed by atoms with Crippen LogP contribution in [0.15, 0.2) is 18.7 Å². The molecule has 0 saturated heterocycles. The highest BCUT2D eigenvalue weighted by atomic mass is 32.1. The summed E-state index contributed by atoms with van der Waals surface area (Å²) in [6.45, 7) is 0. The summed E-state index contributed by atoms with van der Waals surface area (Å²) in [5.41, 5.74) is 1.76. The van der Waals surface area contributed by atoms with Crippen molar-refractivity contribution in [3.05, 3.63) is 18.7 Å². The van der Waals surface area contributed by atoms with Gasteiger partial charge in [0, 0.05) is 0 Å². The molecule has 2 rings (SSSR count). The van der Waals surface area contributed by atoms with Crippen molar-refractivity contribution < 1.29 is 0 Å². The van der Waals surface area contributed by atoms with E-state index in [4.69, 9.17) is 0 Å². The normalized spacial score (nSPS) is 10.0.